The van der Waals surface area contributed by atoms with Crippen molar-refractivity contribution in [3.63, 3.8) is 0 Å². The highest BCUT2D eigenvalue weighted by atomic mass is 16.2. The monoisotopic (exact) mass is 262 g/mol. The summed E-state index contributed by atoms with van der Waals surface area (Å²) in [6.45, 7) is 8.95. The minimum Gasteiger partial charge on any atom is -0.345 e. The number of hydrogen-bond acceptors (Lipinski definition) is 2. The first kappa shape index (κ1) is 15.7. The Bertz CT molecular complexity index is 421. The summed E-state index contributed by atoms with van der Waals surface area (Å²) in [5.74, 6) is 0.107. The number of carbonyl (C=O) groups is 1. The highest BCUT2D eigenvalue weighted by Crippen LogP contribution is 2.24. The molecule has 0 spiro atoms. The van der Waals surface area contributed by atoms with Crippen LogP contribution < -0.4 is 5.73 Å². The van der Waals surface area contributed by atoms with Crippen molar-refractivity contribution in [2.45, 2.75) is 45.6 Å². The van der Waals surface area contributed by atoms with Crippen molar-refractivity contribution < 1.29 is 4.79 Å². The molecule has 0 heterocycles. The normalized spacial score (nSPS) is 13.2. The van der Waals surface area contributed by atoms with Gasteiger partial charge in [0, 0.05) is 31.5 Å². The van der Waals surface area contributed by atoms with Crippen LogP contribution in [-0.2, 0) is 10.2 Å². The molecule has 0 saturated carbocycles. The summed E-state index contributed by atoms with van der Waals surface area (Å²) in [6, 6.07) is 8.41. The van der Waals surface area contributed by atoms with Gasteiger partial charge in [-0.25, -0.2) is 0 Å². The maximum Gasteiger partial charge on any atom is 0.223 e. The lowest BCUT2D eigenvalue weighted by Crippen LogP contribution is -2.40. The van der Waals surface area contributed by atoms with E-state index in [0.717, 1.165) is 0 Å². The van der Waals surface area contributed by atoms with Crippen LogP contribution >= 0.6 is 0 Å². The predicted molar refractivity (Wildman–Crippen MR) is 80.1 cm³/mol. The van der Waals surface area contributed by atoms with E-state index in [2.05, 4.69) is 45.0 Å². The lowest BCUT2D eigenvalue weighted by Gasteiger charge is -2.31. The van der Waals surface area contributed by atoms with E-state index in [4.69, 9.17) is 5.73 Å². The van der Waals surface area contributed by atoms with Gasteiger partial charge in [0.1, 0.15) is 0 Å². The van der Waals surface area contributed by atoms with Gasteiger partial charge in [-0.1, -0.05) is 43.7 Å². The molecule has 1 atom stereocenters. The smallest absolute Gasteiger partial charge is 0.223 e. The zero-order valence-electron chi connectivity index (χ0n) is 12.7. The number of likely N-dealkylation sites (N-methyl/N-ethyl adjacent to an activating group) is 1. The van der Waals surface area contributed by atoms with Gasteiger partial charge in [0.2, 0.25) is 5.91 Å². The molecule has 0 aromatic heterocycles. The van der Waals surface area contributed by atoms with Crippen molar-refractivity contribution in [3.8, 4) is 0 Å². The first-order valence-corrected chi connectivity index (χ1v) is 6.79. The molecule has 3 nitrogen and oxygen atoms in total. The number of nitrogens with zero attached hydrogens (tertiary/aromatic N) is 1. The fraction of sp³-hybridized carbons (Fsp3) is 0.562. The van der Waals surface area contributed by atoms with E-state index in [1.165, 1.54) is 11.1 Å². The third kappa shape index (κ3) is 4.67. The van der Waals surface area contributed by atoms with Gasteiger partial charge in [-0.15, -0.1) is 0 Å². The van der Waals surface area contributed by atoms with Gasteiger partial charge >= 0.3 is 0 Å². The molecule has 3 heteroatoms. The van der Waals surface area contributed by atoms with Crippen molar-refractivity contribution in [1.29, 1.82) is 0 Å². The summed E-state index contributed by atoms with van der Waals surface area (Å²) < 4.78 is 0. The Kier molecular flexibility index (Phi) is 5.12. The molecular formula is C16H26N2O. The first-order chi connectivity index (χ1) is 8.72. The Labute approximate surface area is 116 Å². The lowest BCUT2D eigenvalue weighted by atomic mass is 9.83. The molecule has 0 fully saturated rings. The van der Waals surface area contributed by atoms with Crippen LogP contribution in [0.25, 0.3) is 0 Å². The van der Waals surface area contributed by atoms with E-state index >= 15 is 0 Å². The molecule has 2 N–H and O–H groups in total. The molecule has 1 unspecified atom stereocenters. The SMILES string of the molecule is Cc1ccc(C(C)(C)CN(C)C(=O)CC(C)N)cc1. The fourth-order valence-electron chi connectivity index (χ4n) is 2.21. The second-order valence-electron chi connectivity index (χ2n) is 6.18. The molecule has 1 rings (SSSR count). The minimum absolute atomic E-state index is 0.0596. The highest BCUT2D eigenvalue weighted by molar-refractivity contribution is 5.76. The molecular weight excluding hydrogens is 236 g/mol. The van der Waals surface area contributed by atoms with Gasteiger partial charge in [0.05, 0.1) is 0 Å². The van der Waals surface area contributed by atoms with E-state index in [-0.39, 0.29) is 17.4 Å². The number of benzene rings is 1. The van der Waals surface area contributed by atoms with Gasteiger partial charge in [0.15, 0.2) is 0 Å². The Morgan fingerprint density at radius 3 is 2.32 bits per heavy atom. The standard InChI is InChI=1S/C16H26N2O/c1-12-6-8-14(9-7-12)16(3,4)11-18(5)15(19)10-13(2)17/h6-9,13H,10-11,17H2,1-5H3. The van der Waals surface area contributed by atoms with Crippen LogP contribution in [0.1, 0.15) is 38.3 Å². The average molecular weight is 262 g/mol. The van der Waals surface area contributed by atoms with Crippen molar-refractivity contribution in [2.24, 2.45) is 5.73 Å². The summed E-state index contributed by atoms with van der Waals surface area (Å²) in [7, 11) is 1.85. The minimum atomic E-state index is -0.0857. The van der Waals surface area contributed by atoms with Gasteiger partial charge in [-0.3, -0.25) is 4.79 Å². The molecule has 0 saturated heterocycles. The third-order valence-electron chi connectivity index (χ3n) is 3.39. The summed E-state index contributed by atoms with van der Waals surface area (Å²) in [6.07, 6.45) is 0.403. The lowest BCUT2D eigenvalue weighted by molar-refractivity contribution is -0.130. The highest BCUT2D eigenvalue weighted by Gasteiger charge is 2.24. The Morgan fingerprint density at radius 1 is 1.32 bits per heavy atom. The Balaban J connectivity index is 2.73. The molecule has 0 bridgehead atoms. The summed E-state index contributed by atoms with van der Waals surface area (Å²) in [5, 5.41) is 0. The zero-order valence-corrected chi connectivity index (χ0v) is 12.7. The van der Waals surface area contributed by atoms with E-state index in [9.17, 15) is 4.79 Å². The largest absolute Gasteiger partial charge is 0.345 e. The fourth-order valence-corrected chi connectivity index (χ4v) is 2.21. The van der Waals surface area contributed by atoms with Crippen LogP contribution in [0.5, 0.6) is 0 Å². The molecule has 0 aliphatic heterocycles. The molecule has 0 radical (unpaired) electrons. The van der Waals surface area contributed by atoms with E-state index < -0.39 is 0 Å². The van der Waals surface area contributed by atoms with Gasteiger partial charge in [-0.2, -0.15) is 0 Å². The second kappa shape index (κ2) is 6.20. The van der Waals surface area contributed by atoms with Gasteiger partial charge in [0.25, 0.3) is 0 Å². The molecule has 19 heavy (non-hydrogen) atoms. The van der Waals surface area contributed by atoms with Gasteiger partial charge < -0.3 is 10.6 Å². The number of hydrogen-bond donors (Lipinski definition) is 1. The number of aryl methyl sites for hydroxylation is 1. The van der Waals surface area contributed by atoms with Crippen molar-refractivity contribution in [2.75, 3.05) is 13.6 Å². The Morgan fingerprint density at radius 2 is 1.84 bits per heavy atom. The van der Waals surface area contributed by atoms with Crippen LogP contribution in [0.3, 0.4) is 0 Å². The van der Waals surface area contributed by atoms with Crippen LogP contribution in [0, 0.1) is 6.92 Å². The van der Waals surface area contributed by atoms with Gasteiger partial charge in [-0.05, 0) is 19.4 Å². The van der Waals surface area contributed by atoms with E-state index in [1.807, 2.05) is 14.0 Å². The molecule has 0 aliphatic carbocycles. The number of carbonyl (C=O) groups excluding carboxylic acids is 1. The molecule has 1 aromatic carbocycles. The predicted octanol–water partition coefficient (Wildman–Crippen LogP) is 2.47. The first-order valence-electron chi connectivity index (χ1n) is 6.79. The molecule has 106 valence electrons. The van der Waals surface area contributed by atoms with Crippen LogP contribution in [-0.4, -0.2) is 30.4 Å². The van der Waals surface area contributed by atoms with E-state index in [0.29, 0.717) is 13.0 Å². The summed E-state index contributed by atoms with van der Waals surface area (Å²) in [5.41, 5.74) is 8.12. The molecule has 1 aromatic rings. The van der Waals surface area contributed by atoms with Crippen LogP contribution in [0.2, 0.25) is 0 Å². The quantitative estimate of drug-likeness (QED) is 0.886. The average Bonchev–Trinajstić information content (AvgIpc) is 2.27. The van der Waals surface area contributed by atoms with Crippen LogP contribution in [0.4, 0.5) is 0 Å². The molecule has 0 aliphatic rings. The van der Waals surface area contributed by atoms with E-state index in [1.54, 1.807) is 4.90 Å². The third-order valence-corrected chi connectivity index (χ3v) is 3.39. The Hall–Kier alpha value is -1.35. The topological polar surface area (TPSA) is 46.3 Å². The van der Waals surface area contributed by atoms with Crippen molar-refractivity contribution >= 4 is 5.91 Å². The number of nitrogens with two attached hydrogens (primary N) is 1. The second-order valence-corrected chi connectivity index (χ2v) is 6.18. The van der Waals surface area contributed by atoms with Crippen molar-refractivity contribution in [3.05, 3.63) is 35.4 Å². The molecule has 1 amide bonds. The zero-order chi connectivity index (χ0) is 14.6. The maximum absolute atomic E-state index is 12.0. The number of rotatable bonds is 5. The van der Waals surface area contributed by atoms with Crippen LogP contribution in [0.15, 0.2) is 24.3 Å². The number of amides is 1. The summed E-state index contributed by atoms with van der Waals surface area (Å²) >= 11 is 0. The summed E-state index contributed by atoms with van der Waals surface area (Å²) in [4.78, 5) is 13.7. The van der Waals surface area contributed by atoms with Crippen molar-refractivity contribution in [1.82, 2.24) is 4.90 Å². The maximum atomic E-state index is 12.0.